The van der Waals surface area contributed by atoms with Crippen LogP contribution in [0, 0.1) is 10.1 Å². The Hall–Kier alpha value is -2.13. The first-order chi connectivity index (χ1) is 11.0. The number of nitro benzene ring substituents is 1. The largest absolute Gasteiger partial charge is 0.414 e. The van der Waals surface area contributed by atoms with Gasteiger partial charge in [-0.3, -0.25) is 14.9 Å². The van der Waals surface area contributed by atoms with Crippen molar-refractivity contribution in [2.45, 2.75) is 29.5 Å². The molecule has 1 amide bonds. The number of carbonyl (C=O) groups excluding carboxylic acids is 1. The summed E-state index contributed by atoms with van der Waals surface area (Å²) in [6.45, 7) is 0.984. The Morgan fingerprint density at radius 1 is 1.43 bits per heavy atom. The first-order valence-electron chi connectivity index (χ1n) is 6.75. The zero-order chi connectivity index (χ0) is 16.4. The number of hydrogen-bond acceptors (Lipinski definition) is 7. The molecule has 2 aromatic rings. The van der Waals surface area contributed by atoms with Gasteiger partial charge in [0.25, 0.3) is 10.9 Å². The van der Waals surface area contributed by atoms with Crippen LogP contribution in [0.25, 0.3) is 0 Å². The van der Waals surface area contributed by atoms with E-state index in [0.29, 0.717) is 30.3 Å². The zero-order valence-electron chi connectivity index (χ0n) is 11.8. The maximum Gasteiger partial charge on any atom is 0.281 e. The van der Waals surface area contributed by atoms with Crippen molar-refractivity contribution in [3.63, 3.8) is 0 Å². The Kier molecular flexibility index (Phi) is 4.49. The minimum Gasteiger partial charge on any atom is -0.414 e. The molecule has 0 bridgehead atoms. The molecule has 0 unspecified atom stereocenters. The third-order valence-electron chi connectivity index (χ3n) is 3.27. The summed E-state index contributed by atoms with van der Waals surface area (Å²) < 4.78 is 5.48. The smallest absolute Gasteiger partial charge is 0.281 e. The molecule has 1 aliphatic heterocycles. The van der Waals surface area contributed by atoms with Gasteiger partial charge in [-0.1, -0.05) is 11.6 Å². The first kappa shape index (κ1) is 15.8. The fourth-order valence-corrected chi connectivity index (χ4v) is 3.15. The summed E-state index contributed by atoms with van der Waals surface area (Å²) in [4.78, 5) is 24.0. The molecule has 1 saturated heterocycles. The number of rotatable bonds is 5. The van der Waals surface area contributed by atoms with E-state index in [9.17, 15) is 14.9 Å². The van der Waals surface area contributed by atoms with Gasteiger partial charge in [-0.25, -0.2) is 0 Å². The average Bonchev–Trinajstić information content (AvgIpc) is 3.11. The van der Waals surface area contributed by atoms with Gasteiger partial charge in [0.1, 0.15) is 0 Å². The molecule has 0 radical (unpaired) electrons. The second-order valence-corrected chi connectivity index (χ2v) is 6.25. The Morgan fingerprint density at radius 3 is 2.91 bits per heavy atom. The summed E-state index contributed by atoms with van der Waals surface area (Å²) in [5.74, 6) is 0.427. The van der Waals surface area contributed by atoms with Crippen molar-refractivity contribution >= 4 is 35.0 Å². The second-order valence-electron chi connectivity index (χ2n) is 4.85. The van der Waals surface area contributed by atoms with Crippen molar-refractivity contribution in [1.29, 1.82) is 0 Å². The fraction of sp³-hybridized carbons (Fsp3) is 0.308. The van der Waals surface area contributed by atoms with Crippen molar-refractivity contribution in [3.8, 4) is 0 Å². The standard InChI is InChI=1S/C13H11ClN4O4S/c14-9-6-8(18(20)21)3-4-10(9)23-13-16-15-11(22-13)7-17-5-1-2-12(17)19/h3-4,6H,1-2,5,7H2. The lowest BCUT2D eigenvalue weighted by Crippen LogP contribution is -2.23. The summed E-state index contributed by atoms with van der Waals surface area (Å²) in [5.41, 5.74) is -0.0851. The summed E-state index contributed by atoms with van der Waals surface area (Å²) in [7, 11) is 0. The molecule has 23 heavy (non-hydrogen) atoms. The molecule has 1 aromatic carbocycles. The predicted molar refractivity (Wildman–Crippen MR) is 81.2 cm³/mol. The minimum absolute atomic E-state index is 0.0795. The van der Waals surface area contributed by atoms with Gasteiger partial charge in [0.2, 0.25) is 11.8 Å². The van der Waals surface area contributed by atoms with Crippen LogP contribution in [0.15, 0.2) is 32.7 Å². The molecule has 10 heteroatoms. The number of benzene rings is 1. The molecule has 8 nitrogen and oxygen atoms in total. The van der Waals surface area contributed by atoms with Crippen molar-refractivity contribution in [2.24, 2.45) is 0 Å². The summed E-state index contributed by atoms with van der Waals surface area (Å²) >= 11 is 7.13. The highest BCUT2D eigenvalue weighted by atomic mass is 35.5. The van der Waals surface area contributed by atoms with Gasteiger partial charge >= 0.3 is 0 Å². The van der Waals surface area contributed by atoms with Crippen molar-refractivity contribution < 1.29 is 14.1 Å². The number of non-ortho nitro benzene ring substituents is 1. The van der Waals surface area contributed by atoms with E-state index in [-0.39, 0.29) is 21.8 Å². The second kappa shape index (κ2) is 6.55. The molecular formula is C13H11ClN4O4S. The van der Waals surface area contributed by atoms with E-state index in [1.807, 2.05) is 0 Å². The van der Waals surface area contributed by atoms with Crippen LogP contribution in [0.5, 0.6) is 0 Å². The van der Waals surface area contributed by atoms with E-state index in [4.69, 9.17) is 16.0 Å². The van der Waals surface area contributed by atoms with Gasteiger partial charge < -0.3 is 9.32 Å². The fourth-order valence-electron chi connectivity index (χ4n) is 2.16. The zero-order valence-corrected chi connectivity index (χ0v) is 13.3. The monoisotopic (exact) mass is 354 g/mol. The normalized spacial score (nSPS) is 14.5. The third-order valence-corrected chi connectivity index (χ3v) is 4.61. The van der Waals surface area contributed by atoms with Crippen LogP contribution in [0.4, 0.5) is 5.69 Å². The highest BCUT2D eigenvalue weighted by molar-refractivity contribution is 7.99. The van der Waals surface area contributed by atoms with Crippen LogP contribution in [0.3, 0.4) is 0 Å². The molecule has 0 aliphatic carbocycles. The van der Waals surface area contributed by atoms with Gasteiger partial charge in [0.05, 0.1) is 16.5 Å². The quantitative estimate of drug-likeness (QED) is 0.600. The molecular weight excluding hydrogens is 344 g/mol. The molecule has 2 heterocycles. The molecule has 120 valence electrons. The van der Waals surface area contributed by atoms with Gasteiger partial charge in [-0.15, -0.1) is 10.2 Å². The number of nitrogens with zero attached hydrogens (tertiary/aromatic N) is 4. The van der Waals surface area contributed by atoms with E-state index >= 15 is 0 Å². The maximum atomic E-state index is 11.6. The van der Waals surface area contributed by atoms with Crippen LogP contribution in [-0.2, 0) is 11.3 Å². The van der Waals surface area contributed by atoms with E-state index in [0.717, 1.165) is 18.2 Å². The molecule has 0 N–H and O–H groups in total. The highest BCUT2D eigenvalue weighted by Gasteiger charge is 2.22. The van der Waals surface area contributed by atoms with E-state index < -0.39 is 4.92 Å². The van der Waals surface area contributed by atoms with Crippen LogP contribution in [-0.4, -0.2) is 32.5 Å². The van der Waals surface area contributed by atoms with Crippen molar-refractivity contribution in [2.75, 3.05) is 6.54 Å². The van der Waals surface area contributed by atoms with E-state index in [2.05, 4.69) is 10.2 Å². The SMILES string of the molecule is O=C1CCCN1Cc1nnc(Sc2ccc([N+](=O)[O-])cc2Cl)o1. The maximum absolute atomic E-state index is 11.6. The number of hydrogen-bond donors (Lipinski definition) is 0. The number of halogens is 1. The summed E-state index contributed by atoms with van der Waals surface area (Å²) in [6, 6.07) is 4.15. The van der Waals surface area contributed by atoms with E-state index in [1.165, 1.54) is 18.2 Å². The number of nitro groups is 1. The predicted octanol–water partition coefficient (Wildman–Crippen LogP) is 2.90. The van der Waals surface area contributed by atoms with Gasteiger partial charge in [0, 0.05) is 30.0 Å². The van der Waals surface area contributed by atoms with Crippen molar-refractivity contribution in [3.05, 3.63) is 39.2 Å². The number of aromatic nitrogens is 2. The topological polar surface area (TPSA) is 102 Å². The van der Waals surface area contributed by atoms with Gasteiger partial charge in [-0.2, -0.15) is 0 Å². The molecule has 1 fully saturated rings. The first-order valence-corrected chi connectivity index (χ1v) is 7.94. The van der Waals surface area contributed by atoms with Crippen LogP contribution in [0.2, 0.25) is 5.02 Å². The Labute approximate surface area is 140 Å². The summed E-state index contributed by atoms with van der Waals surface area (Å²) in [5, 5.41) is 19.0. The molecule has 0 atom stereocenters. The average molecular weight is 355 g/mol. The minimum atomic E-state index is -0.516. The number of carbonyl (C=O) groups is 1. The lowest BCUT2D eigenvalue weighted by atomic mass is 10.3. The van der Waals surface area contributed by atoms with Gasteiger partial charge in [-0.05, 0) is 24.2 Å². The lowest BCUT2D eigenvalue weighted by molar-refractivity contribution is -0.384. The van der Waals surface area contributed by atoms with Crippen molar-refractivity contribution in [1.82, 2.24) is 15.1 Å². The third kappa shape index (κ3) is 3.62. The molecule has 1 aromatic heterocycles. The molecule has 1 aliphatic rings. The van der Waals surface area contributed by atoms with Gasteiger partial charge in [0.15, 0.2) is 0 Å². The Bertz CT molecular complexity index is 766. The van der Waals surface area contributed by atoms with Crippen LogP contribution >= 0.6 is 23.4 Å². The van der Waals surface area contributed by atoms with E-state index in [1.54, 1.807) is 4.90 Å². The molecule has 3 rings (SSSR count). The molecule has 0 spiro atoms. The highest BCUT2D eigenvalue weighted by Crippen LogP contribution is 2.34. The summed E-state index contributed by atoms with van der Waals surface area (Å²) in [6.07, 6.45) is 1.39. The van der Waals surface area contributed by atoms with Crippen LogP contribution < -0.4 is 0 Å². The van der Waals surface area contributed by atoms with Crippen LogP contribution in [0.1, 0.15) is 18.7 Å². The number of likely N-dealkylation sites (tertiary alicyclic amines) is 1. The molecule has 0 saturated carbocycles. The number of amides is 1. The lowest BCUT2D eigenvalue weighted by Gasteiger charge is -2.11. The Balaban J connectivity index is 1.69. The Morgan fingerprint density at radius 2 is 2.26 bits per heavy atom.